The molecule has 1 saturated carbocycles. The summed E-state index contributed by atoms with van der Waals surface area (Å²) < 4.78 is 0. The molecule has 2 rings (SSSR count). The fourth-order valence-corrected chi connectivity index (χ4v) is 1.80. The van der Waals surface area contributed by atoms with Crippen molar-refractivity contribution in [3.8, 4) is 6.07 Å². The predicted molar refractivity (Wildman–Crippen MR) is 56.0 cm³/mol. The first-order valence-electron chi connectivity index (χ1n) is 4.65. The van der Waals surface area contributed by atoms with Gasteiger partial charge in [-0.25, -0.2) is 0 Å². The van der Waals surface area contributed by atoms with Crippen molar-refractivity contribution in [3.05, 3.63) is 34.9 Å². The van der Waals surface area contributed by atoms with Crippen LogP contribution in [0.3, 0.4) is 0 Å². The molecular weight excluding hydrogens is 196 g/mol. The summed E-state index contributed by atoms with van der Waals surface area (Å²) in [5.74, 6) is 0. The molecule has 0 heterocycles. The number of rotatable bonds is 3. The molecule has 1 aliphatic rings. The average Bonchev–Trinajstić information content (AvgIpc) is 2.97. The Balaban J connectivity index is 2.15. The Bertz CT molecular complexity index is 360. The molecule has 0 unspecified atom stereocenters. The van der Waals surface area contributed by atoms with E-state index in [9.17, 15) is 0 Å². The molecule has 0 aromatic heterocycles. The Hall–Kier alpha value is -1.04. The molecule has 14 heavy (non-hydrogen) atoms. The maximum Gasteiger partial charge on any atom is 0.0847 e. The van der Waals surface area contributed by atoms with Gasteiger partial charge >= 0.3 is 0 Å². The Kier molecular flexibility index (Phi) is 2.45. The van der Waals surface area contributed by atoms with E-state index in [0.717, 1.165) is 17.9 Å². The Morgan fingerprint density at radius 3 is 2.50 bits per heavy atom. The first kappa shape index (κ1) is 9.51. The van der Waals surface area contributed by atoms with Crippen LogP contribution in [-0.2, 0) is 5.54 Å². The monoisotopic (exact) mass is 206 g/mol. The minimum atomic E-state index is 0.0559. The van der Waals surface area contributed by atoms with Gasteiger partial charge in [0.15, 0.2) is 0 Å². The summed E-state index contributed by atoms with van der Waals surface area (Å²) in [4.78, 5) is 0. The van der Waals surface area contributed by atoms with Crippen molar-refractivity contribution in [1.82, 2.24) is 5.32 Å². The van der Waals surface area contributed by atoms with Gasteiger partial charge in [-0.2, -0.15) is 5.26 Å². The maximum absolute atomic E-state index is 8.51. The lowest BCUT2D eigenvalue weighted by molar-refractivity contribution is 0.559. The summed E-state index contributed by atoms with van der Waals surface area (Å²) in [6, 6.07) is 9.95. The number of benzene rings is 1. The largest absolute Gasteiger partial charge is 0.295 e. The van der Waals surface area contributed by atoms with Crippen LogP contribution < -0.4 is 5.32 Å². The van der Waals surface area contributed by atoms with Crippen LogP contribution in [0.15, 0.2) is 24.3 Å². The highest BCUT2D eigenvalue weighted by Crippen LogP contribution is 2.45. The van der Waals surface area contributed by atoms with Crippen molar-refractivity contribution in [2.24, 2.45) is 0 Å². The second-order valence-electron chi connectivity index (χ2n) is 3.60. The molecule has 1 aromatic rings. The Morgan fingerprint density at radius 2 is 2.00 bits per heavy atom. The highest BCUT2D eigenvalue weighted by Gasteiger charge is 2.43. The van der Waals surface area contributed by atoms with Crippen molar-refractivity contribution in [2.75, 3.05) is 6.54 Å². The van der Waals surface area contributed by atoms with E-state index in [1.54, 1.807) is 0 Å². The van der Waals surface area contributed by atoms with Crippen molar-refractivity contribution in [1.29, 1.82) is 5.26 Å². The van der Waals surface area contributed by atoms with Gasteiger partial charge in [0.05, 0.1) is 12.6 Å². The third-order valence-electron chi connectivity index (χ3n) is 2.65. The minimum Gasteiger partial charge on any atom is -0.295 e. The van der Waals surface area contributed by atoms with Gasteiger partial charge in [-0.05, 0) is 30.5 Å². The summed E-state index contributed by atoms with van der Waals surface area (Å²) in [6.45, 7) is 0.405. The summed E-state index contributed by atoms with van der Waals surface area (Å²) in [5, 5.41) is 12.5. The summed E-state index contributed by atoms with van der Waals surface area (Å²) in [7, 11) is 0. The van der Waals surface area contributed by atoms with Gasteiger partial charge in [-0.3, -0.25) is 5.32 Å². The van der Waals surface area contributed by atoms with Gasteiger partial charge in [-0.1, -0.05) is 23.7 Å². The number of nitrogens with zero attached hydrogens (tertiary/aromatic N) is 1. The van der Waals surface area contributed by atoms with Crippen molar-refractivity contribution in [3.63, 3.8) is 0 Å². The summed E-state index contributed by atoms with van der Waals surface area (Å²) >= 11 is 5.81. The maximum atomic E-state index is 8.51. The molecule has 72 valence electrons. The van der Waals surface area contributed by atoms with E-state index in [0.29, 0.717) is 6.54 Å². The van der Waals surface area contributed by atoms with Crippen LogP contribution in [-0.4, -0.2) is 6.54 Å². The minimum absolute atomic E-state index is 0.0559. The smallest absolute Gasteiger partial charge is 0.0847 e. The van der Waals surface area contributed by atoms with Crippen LogP contribution in [0, 0.1) is 11.3 Å². The second-order valence-corrected chi connectivity index (χ2v) is 4.04. The lowest BCUT2D eigenvalue weighted by Crippen LogP contribution is -2.28. The average molecular weight is 207 g/mol. The van der Waals surface area contributed by atoms with Crippen LogP contribution in [0.2, 0.25) is 5.02 Å². The molecule has 0 radical (unpaired) electrons. The van der Waals surface area contributed by atoms with Gasteiger partial charge in [0.25, 0.3) is 0 Å². The molecule has 1 aliphatic carbocycles. The predicted octanol–water partition coefficient (Wildman–Crippen LogP) is 2.44. The van der Waals surface area contributed by atoms with Crippen molar-refractivity contribution < 1.29 is 0 Å². The van der Waals surface area contributed by atoms with Gasteiger partial charge in [0.2, 0.25) is 0 Å². The molecule has 1 fully saturated rings. The normalized spacial score (nSPS) is 17.4. The highest BCUT2D eigenvalue weighted by atomic mass is 35.5. The summed E-state index contributed by atoms with van der Waals surface area (Å²) in [6.07, 6.45) is 2.21. The third-order valence-corrected chi connectivity index (χ3v) is 2.90. The van der Waals surface area contributed by atoms with E-state index < -0.39 is 0 Å². The van der Waals surface area contributed by atoms with E-state index in [-0.39, 0.29) is 5.54 Å². The van der Waals surface area contributed by atoms with Crippen LogP contribution >= 0.6 is 11.6 Å². The number of nitrogens with one attached hydrogen (secondary N) is 1. The first-order chi connectivity index (χ1) is 6.77. The Labute approximate surface area is 88.5 Å². The van der Waals surface area contributed by atoms with Crippen LogP contribution in [0.25, 0.3) is 0 Å². The molecule has 0 amide bonds. The molecular formula is C11H11ClN2. The number of nitriles is 1. The third kappa shape index (κ3) is 1.75. The van der Waals surface area contributed by atoms with Gasteiger partial charge in [0, 0.05) is 10.6 Å². The summed E-state index contributed by atoms with van der Waals surface area (Å²) in [5.41, 5.74) is 1.29. The lowest BCUT2D eigenvalue weighted by atomic mass is 10.1. The van der Waals surface area contributed by atoms with E-state index in [4.69, 9.17) is 16.9 Å². The molecule has 0 saturated heterocycles. The van der Waals surface area contributed by atoms with Gasteiger partial charge in [0.1, 0.15) is 0 Å². The first-order valence-corrected chi connectivity index (χ1v) is 5.03. The Morgan fingerprint density at radius 1 is 1.36 bits per heavy atom. The lowest BCUT2D eigenvalue weighted by Gasteiger charge is -2.15. The van der Waals surface area contributed by atoms with Crippen LogP contribution in [0.1, 0.15) is 18.4 Å². The molecule has 0 bridgehead atoms. The molecule has 0 aliphatic heterocycles. The van der Waals surface area contributed by atoms with Crippen LogP contribution in [0.5, 0.6) is 0 Å². The molecule has 3 heteroatoms. The van der Waals surface area contributed by atoms with E-state index in [1.165, 1.54) is 5.56 Å². The van der Waals surface area contributed by atoms with Crippen LogP contribution in [0.4, 0.5) is 0 Å². The number of hydrogen-bond donors (Lipinski definition) is 1. The van der Waals surface area contributed by atoms with E-state index in [1.807, 2.05) is 24.3 Å². The van der Waals surface area contributed by atoms with Crippen molar-refractivity contribution >= 4 is 11.6 Å². The molecule has 1 N–H and O–H groups in total. The number of halogens is 1. The molecule has 0 spiro atoms. The van der Waals surface area contributed by atoms with Gasteiger partial charge in [-0.15, -0.1) is 0 Å². The molecule has 0 atom stereocenters. The fraction of sp³-hybridized carbons (Fsp3) is 0.364. The zero-order valence-corrected chi connectivity index (χ0v) is 8.51. The SMILES string of the molecule is N#CCNC1(c2ccc(Cl)cc2)CC1. The topological polar surface area (TPSA) is 35.8 Å². The van der Waals surface area contributed by atoms with E-state index in [2.05, 4.69) is 11.4 Å². The highest BCUT2D eigenvalue weighted by molar-refractivity contribution is 6.30. The zero-order valence-electron chi connectivity index (χ0n) is 7.76. The molecule has 2 nitrogen and oxygen atoms in total. The van der Waals surface area contributed by atoms with Gasteiger partial charge < -0.3 is 0 Å². The molecule has 1 aromatic carbocycles. The zero-order chi connectivity index (χ0) is 10.0. The standard InChI is InChI=1S/C11H11ClN2/c12-10-3-1-9(2-4-10)11(5-6-11)14-8-7-13/h1-4,14H,5-6,8H2. The number of hydrogen-bond acceptors (Lipinski definition) is 2. The van der Waals surface area contributed by atoms with E-state index >= 15 is 0 Å². The van der Waals surface area contributed by atoms with Crippen molar-refractivity contribution in [2.45, 2.75) is 18.4 Å². The second kappa shape index (κ2) is 3.61. The quantitative estimate of drug-likeness (QED) is 0.772. The fourth-order valence-electron chi connectivity index (χ4n) is 1.67.